The van der Waals surface area contributed by atoms with Gasteiger partial charge in [-0.25, -0.2) is 0 Å². The van der Waals surface area contributed by atoms with Gasteiger partial charge >= 0.3 is 0 Å². The van der Waals surface area contributed by atoms with Gasteiger partial charge in [-0.05, 0) is 24.8 Å². The van der Waals surface area contributed by atoms with Crippen LogP contribution in [0.1, 0.15) is 50.2 Å². The lowest BCUT2D eigenvalue weighted by Crippen LogP contribution is -2.28. The summed E-state index contributed by atoms with van der Waals surface area (Å²) >= 11 is 0. The Morgan fingerprint density at radius 2 is 1.89 bits per heavy atom. The number of hydrogen-bond donors (Lipinski definition) is 1. The van der Waals surface area contributed by atoms with Crippen LogP contribution in [0.15, 0.2) is 0 Å². The molecule has 1 aliphatic heterocycles. The zero-order valence-electron chi connectivity index (χ0n) is 11.1. The number of aromatic nitrogens is 3. The SMILES string of the molecule is NCC1CCc2nnc(CC3CCCCC3)n2C1. The number of hydrogen-bond acceptors (Lipinski definition) is 3. The molecular weight excluding hydrogens is 224 g/mol. The van der Waals surface area contributed by atoms with Crippen LogP contribution in [0.2, 0.25) is 0 Å². The molecule has 3 rings (SSSR count). The van der Waals surface area contributed by atoms with Gasteiger partial charge in [0, 0.05) is 19.4 Å². The van der Waals surface area contributed by atoms with Gasteiger partial charge in [0.25, 0.3) is 0 Å². The van der Waals surface area contributed by atoms with E-state index in [9.17, 15) is 0 Å². The lowest BCUT2D eigenvalue weighted by Gasteiger charge is -2.25. The fourth-order valence-corrected chi connectivity index (χ4v) is 3.44. The van der Waals surface area contributed by atoms with Crippen LogP contribution in [0, 0.1) is 11.8 Å². The molecule has 2 aliphatic rings. The molecule has 1 fully saturated rings. The molecule has 0 radical (unpaired) electrons. The van der Waals surface area contributed by atoms with Gasteiger partial charge < -0.3 is 10.3 Å². The van der Waals surface area contributed by atoms with Crippen LogP contribution in [-0.4, -0.2) is 21.3 Å². The molecule has 0 bridgehead atoms. The molecule has 4 nitrogen and oxygen atoms in total. The van der Waals surface area contributed by atoms with E-state index in [1.54, 1.807) is 0 Å². The first-order valence-electron chi connectivity index (χ1n) is 7.48. The van der Waals surface area contributed by atoms with Crippen molar-refractivity contribution >= 4 is 0 Å². The van der Waals surface area contributed by atoms with Crippen molar-refractivity contribution in [1.82, 2.24) is 14.8 Å². The molecule has 1 aromatic rings. The maximum absolute atomic E-state index is 5.81. The third-order valence-corrected chi connectivity index (χ3v) is 4.65. The van der Waals surface area contributed by atoms with E-state index < -0.39 is 0 Å². The summed E-state index contributed by atoms with van der Waals surface area (Å²) in [6.45, 7) is 1.83. The van der Waals surface area contributed by atoms with Crippen molar-refractivity contribution in [2.45, 2.75) is 57.9 Å². The predicted octanol–water partition coefficient (Wildman–Crippen LogP) is 1.92. The highest BCUT2D eigenvalue weighted by atomic mass is 15.3. The average molecular weight is 248 g/mol. The number of nitrogens with two attached hydrogens (primary N) is 1. The van der Waals surface area contributed by atoms with Crippen molar-refractivity contribution in [2.75, 3.05) is 6.54 Å². The molecule has 100 valence electrons. The molecule has 4 heteroatoms. The first kappa shape index (κ1) is 12.2. The van der Waals surface area contributed by atoms with Crippen LogP contribution in [0.3, 0.4) is 0 Å². The summed E-state index contributed by atoms with van der Waals surface area (Å²) < 4.78 is 2.36. The Bertz CT molecular complexity index is 392. The molecule has 1 saturated carbocycles. The highest BCUT2D eigenvalue weighted by molar-refractivity contribution is 5.01. The Balaban J connectivity index is 1.71. The van der Waals surface area contributed by atoms with Crippen molar-refractivity contribution in [2.24, 2.45) is 17.6 Å². The van der Waals surface area contributed by atoms with E-state index >= 15 is 0 Å². The van der Waals surface area contributed by atoms with Crippen LogP contribution in [0.4, 0.5) is 0 Å². The lowest BCUT2D eigenvalue weighted by molar-refractivity contribution is 0.330. The zero-order chi connectivity index (χ0) is 12.4. The molecule has 0 aromatic carbocycles. The summed E-state index contributed by atoms with van der Waals surface area (Å²) in [6.07, 6.45) is 10.3. The van der Waals surface area contributed by atoms with Gasteiger partial charge in [-0.2, -0.15) is 0 Å². The van der Waals surface area contributed by atoms with Crippen LogP contribution in [0.5, 0.6) is 0 Å². The second-order valence-corrected chi connectivity index (χ2v) is 5.99. The van der Waals surface area contributed by atoms with Gasteiger partial charge in [0.2, 0.25) is 0 Å². The van der Waals surface area contributed by atoms with Crippen LogP contribution in [-0.2, 0) is 19.4 Å². The molecule has 1 atom stereocenters. The third kappa shape index (κ3) is 2.44. The highest BCUT2D eigenvalue weighted by Crippen LogP contribution is 2.28. The fraction of sp³-hybridized carbons (Fsp3) is 0.857. The first-order chi connectivity index (χ1) is 8.86. The molecule has 1 aliphatic carbocycles. The van der Waals surface area contributed by atoms with E-state index in [0.29, 0.717) is 5.92 Å². The van der Waals surface area contributed by atoms with Crippen LogP contribution in [0.25, 0.3) is 0 Å². The van der Waals surface area contributed by atoms with E-state index in [0.717, 1.165) is 31.8 Å². The standard InChI is InChI=1S/C14H24N4/c15-9-12-6-7-13-16-17-14(18(13)10-12)8-11-4-2-1-3-5-11/h11-12H,1-10,15H2. The summed E-state index contributed by atoms with van der Waals surface area (Å²) in [7, 11) is 0. The minimum absolute atomic E-state index is 0.624. The van der Waals surface area contributed by atoms with Gasteiger partial charge in [0.1, 0.15) is 11.6 Å². The quantitative estimate of drug-likeness (QED) is 0.889. The molecule has 18 heavy (non-hydrogen) atoms. The Hall–Kier alpha value is -0.900. The Morgan fingerprint density at radius 1 is 1.06 bits per heavy atom. The maximum atomic E-state index is 5.81. The summed E-state index contributed by atoms with van der Waals surface area (Å²) in [6, 6.07) is 0. The minimum atomic E-state index is 0.624. The van der Waals surface area contributed by atoms with Crippen molar-refractivity contribution < 1.29 is 0 Å². The molecule has 2 heterocycles. The number of fused-ring (bicyclic) bond motifs is 1. The zero-order valence-corrected chi connectivity index (χ0v) is 11.1. The highest BCUT2D eigenvalue weighted by Gasteiger charge is 2.24. The third-order valence-electron chi connectivity index (χ3n) is 4.65. The molecule has 2 N–H and O–H groups in total. The van der Waals surface area contributed by atoms with Gasteiger partial charge in [0.05, 0.1) is 0 Å². The van der Waals surface area contributed by atoms with E-state index in [2.05, 4.69) is 14.8 Å². The predicted molar refractivity (Wildman–Crippen MR) is 71.2 cm³/mol. The molecule has 0 saturated heterocycles. The summed E-state index contributed by atoms with van der Waals surface area (Å²) in [5.41, 5.74) is 5.81. The largest absolute Gasteiger partial charge is 0.330 e. The van der Waals surface area contributed by atoms with Crippen molar-refractivity contribution in [3.63, 3.8) is 0 Å². The topological polar surface area (TPSA) is 56.7 Å². The summed E-state index contributed by atoms with van der Waals surface area (Å²) in [5, 5.41) is 8.80. The smallest absolute Gasteiger partial charge is 0.133 e. The van der Waals surface area contributed by atoms with E-state index in [-0.39, 0.29) is 0 Å². The molecule has 1 unspecified atom stereocenters. The van der Waals surface area contributed by atoms with E-state index in [1.165, 1.54) is 50.2 Å². The van der Waals surface area contributed by atoms with Crippen molar-refractivity contribution in [1.29, 1.82) is 0 Å². The second kappa shape index (κ2) is 5.39. The summed E-state index contributed by atoms with van der Waals surface area (Å²) in [4.78, 5) is 0. The average Bonchev–Trinajstić information content (AvgIpc) is 2.82. The first-order valence-corrected chi connectivity index (χ1v) is 7.48. The summed E-state index contributed by atoms with van der Waals surface area (Å²) in [5.74, 6) is 3.87. The second-order valence-electron chi connectivity index (χ2n) is 5.99. The van der Waals surface area contributed by atoms with Crippen LogP contribution < -0.4 is 5.73 Å². The fourth-order valence-electron chi connectivity index (χ4n) is 3.44. The molecule has 0 spiro atoms. The molecule has 0 amide bonds. The van der Waals surface area contributed by atoms with E-state index in [4.69, 9.17) is 5.73 Å². The van der Waals surface area contributed by atoms with Gasteiger partial charge in [-0.1, -0.05) is 32.1 Å². The van der Waals surface area contributed by atoms with Gasteiger partial charge in [-0.3, -0.25) is 0 Å². The molecular formula is C14H24N4. The normalized spacial score (nSPS) is 25.1. The van der Waals surface area contributed by atoms with E-state index in [1.807, 2.05) is 0 Å². The van der Waals surface area contributed by atoms with Gasteiger partial charge in [0.15, 0.2) is 0 Å². The number of nitrogens with zero attached hydrogens (tertiary/aromatic N) is 3. The number of rotatable bonds is 3. The maximum Gasteiger partial charge on any atom is 0.133 e. The van der Waals surface area contributed by atoms with Crippen molar-refractivity contribution in [3.05, 3.63) is 11.6 Å². The monoisotopic (exact) mass is 248 g/mol. The van der Waals surface area contributed by atoms with Gasteiger partial charge in [-0.15, -0.1) is 10.2 Å². The Labute approximate surface area is 109 Å². The molecule has 1 aromatic heterocycles. The minimum Gasteiger partial charge on any atom is -0.330 e. The van der Waals surface area contributed by atoms with Crippen LogP contribution >= 0.6 is 0 Å². The number of aryl methyl sites for hydroxylation is 1. The lowest BCUT2D eigenvalue weighted by atomic mass is 9.86. The van der Waals surface area contributed by atoms with Crippen molar-refractivity contribution in [3.8, 4) is 0 Å². The Morgan fingerprint density at radius 3 is 2.67 bits per heavy atom. The Kier molecular flexibility index (Phi) is 3.64.